The molecule has 2 amide bonds. The molecule has 74 valence electrons. The van der Waals surface area contributed by atoms with Gasteiger partial charge in [0, 0.05) is 30.3 Å². The second-order valence-corrected chi connectivity index (χ2v) is 4.30. The molecular formula is C8H15N3OS. The lowest BCUT2D eigenvalue weighted by molar-refractivity contribution is 0.203. The van der Waals surface area contributed by atoms with Gasteiger partial charge in [-0.3, -0.25) is 0 Å². The van der Waals surface area contributed by atoms with Crippen LogP contribution in [0.5, 0.6) is 0 Å². The number of thioether (sulfide) groups is 1. The Balaban J connectivity index is 2.33. The summed E-state index contributed by atoms with van der Waals surface area (Å²) in [5.41, 5.74) is 3.38. The van der Waals surface area contributed by atoms with E-state index in [1.165, 1.54) is 0 Å². The van der Waals surface area contributed by atoms with Gasteiger partial charge in [-0.2, -0.15) is 16.9 Å². The van der Waals surface area contributed by atoms with E-state index < -0.39 is 0 Å². The number of urea groups is 1. The lowest BCUT2D eigenvalue weighted by atomic mass is 10.5. The van der Waals surface area contributed by atoms with Crippen LogP contribution in [0.3, 0.4) is 0 Å². The first kappa shape index (κ1) is 10.4. The minimum Gasteiger partial charge on any atom is -0.322 e. The van der Waals surface area contributed by atoms with Crippen LogP contribution in [0.1, 0.15) is 13.8 Å². The highest BCUT2D eigenvalue weighted by Crippen LogP contribution is 2.08. The summed E-state index contributed by atoms with van der Waals surface area (Å²) in [6.07, 6.45) is 0. The summed E-state index contributed by atoms with van der Waals surface area (Å²) in [5, 5.41) is 3.87. The second kappa shape index (κ2) is 5.11. The fraction of sp³-hybridized carbons (Fsp3) is 0.750. The average molecular weight is 201 g/mol. The SMILES string of the molecule is CC(C)=NNC(=O)N1CCSCC1. The van der Waals surface area contributed by atoms with Crippen molar-refractivity contribution >= 4 is 23.5 Å². The van der Waals surface area contributed by atoms with Gasteiger partial charge in [-0.1, -0.05) is 0 Å². The minimum atomic E-state index is -0.0819. The largest absolute Gasteiger partial charge is 0.337 e. The van der Waals surface area contributed by atoms with Crippen LogP contribution in [0.15, 0.2) is 5.10 Å². The van der Waals surface area contributed by atoms with Crippen LogP contribution in [0.25, 0.3) is 0 Å². The maximum absolute atomic E-state index is 11.4. The molecule has 0 unspecified atom stereocenters. The Morgan fingerprint density at radius 1 is 1.38 bits per heavy atom. The zero-order chi connectivity index (χ0) is 9.68. The number of hydrazone groups is 1. The molecule has 0 bridgehead atoms. The third kappa shape index (κ3) is 3.67. The van der Waals surface area contributed by atoms with E-state index in [0.29, 0.717) is 0 Å². The normalized spacial score (nSPS) is 16.6. The summed E-state index contributed by atoms with van der Waals surface area (Å²) in [5.74, 6) is 2.06. The van der Waals surface area contributed by atoms with Crippen LogP contribution in [0.2, 0.25) is 0 Å². The van der Waals surface area contributed by atoms with Crippen LogP contribution >= 0.6 is 11.8 Å². The Kier molecular flexibility index (Phi) is 4.08. The van der Waals surface area contributed by atoms with Gasteiger partial charge in [0.05, 0.1) is 0 Å². The van der Waals surface area contributed by atoms with Gasteiger partial charge in [0.1, 0.15) is 0 Å². The molecule has 0 spiro atoms. The van der Waals surface area contributed by atoms with Gasteiger partial charge in [-0.15, -0.1) is 0 Å². The van der Waals surface area contributed by atoms with E-state index in [-0.39, 0.29) is 6.03 Å². The predicted molar refractivity (Wildman–Crippen MR) is 56.2 cm³/mol. The molecule has 1 fully saturated rings. The van der Waals surface area contributed by atoms with Crippen molar-refractivity contribution in [1.82, 2.24) is 10.3 Å². The number of carbonyl (C=O) groups is 1. The monoisotopic (exact) mass is 201 g/mol. The number of amides is 2. The summed E-state index contributed by atoms with van der Waals surface area (Å²) in [7, 11) is 0. The summed E-state index contributed by atoms with van der Waals surface area (Å²) in [4.78, 5) is 13.2. The summed E-state index contributed by atoms with van der Waals surface area (Å²) >= 11 is 1.88. The van der Waals surface area contributed by atoms with Gasteiger partial charge in [0.15, 0.2) is 0 Å². The van der Waals surface area contributed by atoms with Crippen molar-refractivity contribution in [2.75, 3.05) is 24.6 Å². The molecule has 1 heterocycles. The molecule has 1 aliphatic heterocycles. The smallest absolute Gasteiger partial charge is 0.322 e. The number of hydrogen-bond donors (Lipinski definition) is 1. The van der Waals surface area contributed by atoms with E-state index in [1.807, 2.05) is 25.6 Å². The molecule has 1 saturated heterocycles. The van der Waals surface area contributed by atoms with Gasteiger partial charge >= 0.3 is 6.03 Å². The number of nitrogens with zero attached hydrogens (tertiary/aromatic N) is 2. The fourth-order valence-electron chi connectivity index (χ4n) is 0.997. The van der Waals surface area contributed by atoms with Crippen LogP contribution in [0, 0.1) is 0 Å². The van der Waals surface area contributed by atoms with Crippen molar-refractivity contribution in [2.45, 2.75) is 13.8 Å². The lowest BCUT2D eigenvalue weighted by Crippen LogP contribution is -2.42. The van der Waals surface area contributed by atoms with Crippen LogP contribution in [-0.2, 0) is 0 Å². The van der Waals surface area contributed by atoms with Crippen LogP contribution in [0.4, 0.5) is 4.79 Å². The third-order valence-electron chi connectivity index (χ3n) is 1.67. The maximum atomic E-state index is 11.4. The second-order valence-electron chi connectivity index (χ2n) is 3.08. The molecule has 0 aromatic carbocycles. The van der Waals surface area contributed by atoms with Crippen molar-refractivity contribution in [1.29, 1.82) is 0 Å². The van der Waals surface area contributed by atoms with Gasteiger partial charge in [-0.05, 0) is 13.8 Å². The van der Waals surface area contributed by atoms with Crippen LogP contribution in [-0.4, -0.2) is 41.2 Å². The van der Waals surface area contributed by atoms with E-state index in [4.69, 9.17) is 0 Å². The topological polar surface area (TPSA) is 44.7 Å². The highest BCUT2D eigenvalue weighted by atomic mass is 32.2. The zero-order valence-corrected chi connectivity index (χ0v) is 8.86. The first-order valence-electron chi connectivity index (χ1n) is 4.33. The zero-order valence-electron chi connectivity index (χ0n) is 8.04. The quantitative estimate of drug-likeness (QED) is 0.511. The molecule has 5 heteroatoms. The van der Waals surface area contributed by atoms with E-state index in [2.05, 4.69) is 10.5 Å². The van der Waals surface area contributed by atoms with Gasteiger partial charge in [0.25, 0.3) is 0 Å². The molecule has 0 radical (unpaired) electrons. The molecule has 1 aliphatic rings. The molecule has 0 atom stereocenters. The van der Waals surface area contributed by atoms with Crippen molar-refractivity contribution in [3.63, 3.8) is 0 Å². The van der Waals surface area contributed by atoms with Gasteiger partial charge < -0.3 is 4.90 Å². The summed E-state index contributed by atoms with van der Waals surface area (Å²) in [6, 6.07) is -0.0819. The molecule has 0 saturated carbocycles. The predicted octanol–water partition coefficient (Wildman–Crippen LogP) is 1.14. The fourth-order valence-corrected chi connectivity index (χ4v) is 1.90. The minimum absolute atomic E-state index is 0.0819. The Hall–Kier alpha value is -0.710. The molecule has 1 rings (SSSR count). The standard InChI is InChI=1S/C8H15N3OS/c1-7(2)9-10-8(12)11-3-5-13-6-4-11/h3-6H2,1-2H3,(H,10,12). The van der Waals surface area contributed by atoms with Crippen molar-refractivity contribution in [3.05, 3.63) is 0 Å². The highest BCUT2D eigenvalue weighted by Gasteiger charge is 2.15. The van der Waals surface area contributed by atoms with E-state index >= 15 is 0 Å². The number of nitrogens with one attached hydrogen (secondary N) is 1. The van der Waals surface area contributed by atoms with Gasteiger partial charge in [0.2, 0.25) is 0 Å². The number of hydrogen-bond acceptors (Lipinski definition) is 3. The summed E-state index contributed by atoms with van der Waals surface area (Å²) in [6.45, 7) is 5.36. The Labute approximate surface area is 82.7 Å². The Bertz CT molecular complexity index is 207. The molecule has 0 aliphatic carbocycles. The van der Waals surface area contributed by atoms with E-state index in [0.717, 1.165) is 30.3 Å². The Morgan fingerprint density at radius 3 is 2.54 bits per heavy atom. The highest BCUT2D eigenvalue weighted by molar-refractivity contribution is 7.99. The maximum Gasteiger partial charge on any atom is 0.337 e. The lowest BCUT2D eigenvalue weighted by Gasteiger charge is -2.25. The van der Waals surface area contributed by atoms with Gasteiger partial charge in [-0.25, -0.2) is 10.2 Å². The third-order valence-corrected chi connectivity index (χ3v) is 2.62. The number of rotatable bonds is 1. The first-order valence-corrected chi connectivity index (χ1v) is 5.49. The average Bonchev–Trinajstić information content (AvgIpc) is 2.15. The van der Waals surface area contributed by atoms with Crippen LogP contribution < -0.4 is 5.43 Å². The van der Waals surface area contributed by atoms with E-state index in [9.17, 15) is 4.79 Å². The molecule has 0 aromatic rings. The Morgan fingerprint density at radius 2 is 2.00 bits per heavy atom. The van der Waals surface area contributed by atoms with Crippen molar-refractivity contribution < 1.29 is 4.79 Å². The molecule has 1 N–H and O–H groups in total. The molecular weight excluding hydrogens is 186 g/mol. The van der Waals surface area contributed by atoms with Crippen molar-refractivity contribution in [3.8, 4) is 0 Å². The first-order chi connectivity index (χ1) is 6.20. The molecule has 13 heavy (non-hydrogen) atoms. The van der Waals surface area contributed by atoms with E-state index in [1.54, 1.807) is 4.90 Å². The van der Waals surface area contributed by atoms with Crippen molar-refractivity contribution in [2.24, 2.45) is 5.10 Å². The molecule has 0 aromatic heterocycles. The number of carbonyl (C=O) groups excluding carboxylic acids is 1. The molecule has 4 nitrogen and oxygen atoms in total. The summed E-state index contributed by atoms with van der Waals surface area (Å²) < 4.78 is 0.